The van der Waals surface area contributed by atoms with Gasteiger partial charge < -0.3 is 10.1 Å². The summed E-state index contributed by atoms with van der Waals surface area (Å²) in [5, 5.41) is 2.34. The Balaban J connectivity index is 2.16. The molecule has 0 saturated carbocycles. The number of benzene rings is 1. The summed E-state index contributed by atoms with van der Waals surface area (Å²) >= 11 is 2.93. The van der Waals surface area contributed by atoms with E-state index in [0.717, 1.165) is 12.8 Å². The average Bonchev–Trinajstić information content (AvgIpc) is 2.37. The van der Waals surface area contributed by atoms with Crippen molar-refractivity contribution in [1.82, 2.24) is 0 Å². The van der Waals surface area contributed by atoms with Crippen molar-refractivity contribution >= 4 is 27.5 Å². The second-order valence-electron chi connectivity index (χ2n) is 3.76. The summed E-state index contributed by atoms with van der Waals surface area (Å²) in [6.45, 7) is 0.467. The summed E-state index contributed by atoms with van der Waals surface area (Å²) in [6, 6.07) is 1.88. The number of hydrogen-bond donors (Lipinski definition) is 1. The Bertz CT molecular complexity index is 517. The van der Waals surface area contributed by atoms with Gasteiger partial charge in [-0.3, -0.25) is 4.79 Å². The van der Waals surface area contributed by atoms with Gasteiger partial charge in [-0.15, -0.1) is 0 Å². The van der Waals surface area contributed by atoms with E-state index in [-0.39, 0.29) is 15.9 Å². The number of nitrogens with one attached hydrogen (secondary N) is 1. The third kappa shape index (κ3) is 2.87. The Morgan fingerprint density at radius 2 is 2.11 bits per heavy atom. The zero-order chi connectivity index (χ0) is 13.1. The molecule has 1 amide bonds. The molecule has 0 atom stereocenters. The van der Waals surface area contributed by atoms with E-state index in [1.165, 1.54) is 6.07 Å². The Kier molecular flexibility index (Phi) is 3.96. The van der Waals surface area contributed by atoms with Gasteiger partial charge in [-0.25, -0.2) is 8.78 Å². The lowest BCUT2D eigenvalue weighted by Gasteiger charge is -2.14. The van der Waals surface area contributed by atoms with Crippen LogP contribution in [0.1, 0.15) is 12.8 Å². The van der Waals surface area contributed by atoms with Gasteiger partial charge >= 0.3 is 0 Å². The summed E-state index contributed by atoms with van der Waals surface area (Å²) in [4.78, 5) is 11.7. The molecule has 0 unspecified atom stereocenters. The zero-order valence-electron chi connectivity index (χ0n) is 9.30. The van der Waals surface area contributed by atoms with E-state index >= 15 is 0 Å². The molecule has 18 heavy (non-hydrogen) atoms. The molecule has 0 aliphatic carbocycles. The van der Waals surface area contributed by atoms with Crippen LogP contribution in [0.4, 0.5) is 14.5 Å². The van der Waals surface area contributed by atoms with Gasteiger partial charge in [-0.2, -0.15) is 0 Å². The Morgan fingerprint density at radius 3 is 2.78 bits per heavy atom. The van der Waals surface area contributed by atoms with Gasteiger partial charge in [-0.05, 0) is 40.9 Å². The first kappa shape index (κ1) is 13.0. The number of hydrogen-bond acceptors (Lipinski definition) is 2. The highest BCUT2D eigenvalue weighted by Gasteiger charge is 2.16. The quantitative estimate of drug-likeness (QED) is 0.849. The van der Waals surface area contributed by atoms with E-state index in [9.17, 15) is 13.6 Å². The van der Waals surface area contributed by atoms with E-state index in [2.05, 4.69) is 21.2 Å². The van der Waals surface area contributed by atoms with E-state index < -0.39 is 17.5 Å². The molecule has 96 valence electrons. The molecular weight excluding hydrogens is 308 g/mol. The fourth-order valence-electron chi connectivity index (χ4n) is 1.52. The lowest BCUT2D eigenvalue weighted by molar-refractivity contribution is -0.116. The molecule has 1 heterocycles. The number of anilines is 1. The normalized spacial score (nSPS) is 14.7. The van der Waals surface area contributed by atoms with Crippen LogP contribution in [0.3, 0.4) is 0 Å². The summed E-state index contributed by atoms with van der Waals surface area (Å²) in [5.41, 5.74) is -0.0941. The molecule has 0 aromatic heterocycles. The zero-order valence-corrected chi connectivity index (χ0v) is 10.9. The molecule has 0 spiro atoms. The first-order chi connectivity index (χ1) is 8.58. The van der Waals surface area contributed by atoms with Gasteiger partial charge in [0.1, 0.15) is 11.6 Å². The van der Waals surface area contributed by atoms with Crippen LogP contribution in [0.5, 0.6) is 0 Å². The fourth-order valence-corrected chi connectivity index (χ4v) is 1.86. The highest BCUT2D eigenvalue weighted by molar-refractivity contribution is 9.10. The van der Waals surface area contributed by atoms with Crippen LogP contribution in [-0.2, 0) is 9.53 Å². The van der Waals surface area contributed by atoms with Gasteiger partial charge in [-0.1, -0.05) is 0 Å². The molecule has 2 rings (SSSR count). The number of carbonyl (C=O) groups excluding carboxylic acids is 1. The minimum atomic E-state index is -0.833. The molecule has 1 aromatic carbocycles. The van der Waals surface area contributed by atoms with Gasteiger partial charge in [0, 0.05) is 6.07 Å². The van der Waals surface area contributed by atoms with Crippen molar-refractivity contribution in [2.24, 2.45) is 0 Å². The van der Waals surface area contributed by atoms with Gasteiger partial charge in [0.2, 0.25) is 0 Å². The van der Waals surface area contributed by atoms with E-state index in [4.69, 9.17) is 4.74 Å². The van der Waals surface area contributed by atoms with Gasteiger partial charge in [0.25, 0.3) is 5.91 Å². The number of ether oxygens (including phenoxy) is 1. The van der Waals surface area contributed by atoms with Crippen molar-refractivity contribution in [2.75, 3.05) is 11.9 Å². The highest BCUT2D eigenvalue weighted by atomic mass is 79.9. The topological polar surface area (TPSA) is 38.3 Å². The van der Waals surface area contributed by atoms with E-state index in [0.29, 0.717) is 12.7 Å². The summed E-state index contributed by atoms with van der Waals surface area (Å²) in [6.07, 6.45) is 3.25. The Labute approximate surface area is 111 Å². The number of amides is 1. The maximum Gasteiger partial charge on any atom is 0.290 e. The van der Waals surface area contributed by atoms with Crippen molar-refractivity contribution in [2.45, 2.75) is 12.8 Å². The smallest absolute Gasteiger partial charge is 0.290 e. The summed E-state index contributed by atoms with van der Waals surface area (Å²) in [7, 11) is 0. The SMILES string of the molecule is O=C(Nc1cc(Br)c(F)cc1F)C1=CCCCO1. The summed E-state index contributed by atoms with van der Waals surface area (Å²) in [5.74, 6) is -1.92. The van der Waals surface area contributed by atoms with Crippen LogP contribution in [0.25, 0.3) is 0 Å². The molecule has 0 saturated heterocycles. The molecule has 0 fully saturated rings. The molecule has 1 aliphatic heterocycles. The number of carbonyl (C=O) groups is 1. The third-order valence-electron chi connectivity index (χ3n) is 2.42. The second-order valence-corrected chi connectivity index (χ2v) is 4.61. The van der Waals surface area contributed by atoms with Crippen molar-refractivity contribution in [3.8, 4) is 0 Å². The van der Waals surface area contributed by atoms with Crippen LogP contribution >= 0.6 is 15.9 Å². The maximum absolute atomic E-state index is 13.4. The predicted octanol–water partition coefficient (Wildman–Crippen LogP) is 3.36. The van der Waals surface area contributed by atoms with Crippen LogP contribution < -0.4 is 5.32 Å². The molecular formula is C12H10BrF2NO2. The lowest BCUT2D eigenvalue weighted by atomic mass is 10.2. The van der Waals surface area contributed by atoms with Crippen LogP contribution in [0.15, 0.2) is 28.4 Å². The van der Waals surface area contributed by atoms with Gasteiger partial charge in [0.15, 0.2) is 5.76 Å². The fraction of sp³-hybridized carbons (Fsp3) is 0.250. The minimum Gasteiger partial charge on any atom is -0.488 e. The van der Waals surface area contributed by atoms with Crippen molar-refractivity contribution in [3.63, 3.8) is 0 Å². The van der Waals surface area contributed by atoms with Crippen molar-refractivity contribution in [1.29, 1.82) is 0 Å². The molecule has 0 radical (unpaired) electrons. The Morgan fingerprint density at radius 1 is 1.33 bits per heavy atom. The molecule has 6 heteroatoms. The second kappa shape index (κ2) is 5.48. The van der Waals surface area contributed by atoms with Crippen molar-refractivity contribution < 1.29 is 18.3 Å². The van der Waals surface area contributed by atoms with Crippen molar-refractivity contribution in [3.05, 3.63) is 40.1 Å². The molecule has 1 aliphatic rings. The van der Waals surface area contributed by atoms with E-state index in [1.54, 1.807) is 6.08 Å². The highest BCUT2D eigenvalue weighted by Crippen LogP contribution is 2.24. The monoisotopic (exact) mass is 317 g/mol. The largest absolute Gasteiger partial charge is 0.488 e. The van der Waals surface area contributed by atoms with E-state index in [1.807, 2.05) is 0 Å². The molecule has 3 nitrogen and oxygen atoms in total. The number of allylic oxidation sites excluding steroid dienone is 1. The first-order valence-corrected chi connectivity index (χ1v) is 6.16. The van der Waals surface area contributed by atoms with Crippen LogP contribution in [-0.4, -0.2) is 12.5 Å². The standard InChI is InChI=1S/C12H10BrF2NO2/c13-7-5-10(9(15)6-8(7)14)16-12(17)11-3-1-2-4-18-11/h3,5-6H,1-2,4H2,(H,16,17). The molecule has 1 N–H and O–H groups in total. The molecule has 0 bridgehead atoms. The van der Waals surface area contributed by atoms with Crippen LogP contribution in [0, 0.1) is 11.6 Å². The molecule has 1 aromatic rings. The summed E-state index contributed by atoms with van der Waals surface area (Å²) < 4.78 is 31.7. The average molecular weight is 318 g/mol. The number of halogens is 3. The number of rotatable bonds is 2. The first-order valence-electron chi connectivity index (χ1n) is 5.37. The minimum absolute atomic E-state index is 0.0812. The lowest BCUT2D eigenvalue weighted by Crippen LogP contribution is -2.19. The van der Waals surface area contributed by atoms with Crippen LogP contribution in [0.2, 0.25) is 0 Å². The predicted molar refractivity (Wildman–Crippen MR) is 66.0 cm³/mol. The third-order valence-corrected chi connectivity index (χ3v) is 3.03. The van der Waals surface area contributed by atoms with Gasteiger partial charge in [0.05, 0.1) is 16.8 Å². The maximum atomic E-state index is 13.4. The Hall–Kier alpha value is -1.43.